The van der Waals surface area contributed by atoms with Crippen LogP contribution in [0, 0.1) is 12.8 Å². The Morgan fingerprint density at radius 3 is 3.07 bits per heavy atom. The molecular formula is C12H18N2S. The van der Waals surface area contributed by atoms with Crippen LogP contribution in [-0.4, -0.2) is 23.5 Å². The topological polar surface area (TPSA) is 24.9 Å². The highest BCUT2D eigenvalue weighted by Crippen LogP contribution is 2.34. The molecule has 82 valence electrons. The molecule has 1 fully saturated rings. The number of hydrogen-bond acceptors (Lipinski definition) is 3. The van der Waals surface area contributed by atoms with Gasteiger partial charge in [-0.2, -0.15) is 11.8 Å². The molecule has 0 saturated carbocycles. The molecule has 0 spiro atoms. The predicted molar refractivity (Wildman–Crippen MR) is 66.2 cm³/mol. The molecule has 2 rings (SSSR count). The third kappa shape index (κ3) is 2.34. The molecule has 0 aromatic carbocycles. The van der Waals surface area contributed by atoms with Crippen molar-refractivity contribution in [3.63, 3.8) is 0 Å². The quantitative estimate of drug-likeness (QED) is 0.850. The first-order chi connectivity index (χ1) is 7.33. The van der Waals surface area contributed by atoms with Gasteiger partial charge < -0.3 is 5.32 Å². The average Bonchev–Trinajstić information content (AvgIpc) is 2.75. The molecule has 0 aliphatic carbocycles. The molecule has 15 heavy (non-hydrogen) atoms. The highest BCUT2D eigenvalue weighted by molar-refractivity contribution is 7.99. The van der Waals surface area contributed by atoms with Crippen molar-refractivity contribution in [1.29, 1.82) is 0 Å². The van der Waals surface area contributed by atoms with Gasteiger partial charge >= 0.3 is 0 Å². The number of rotatable bonds is 3. The summed E-state index contributed by atoms with van der Waals surface area (Å²) in [4.78, 5) is 4.24. The lowest BCUT2D eigenvalue weighted by molar-refractivity contribution is 0.417. The van der Waals surface area contributed by atoms with Gasteiger partial charge in [0.05, 0.1) is 0 Å². The van der Waals surface area contributed by atoms with E-state index < -0.39 is 0 Å². The van der Waals surface area contributed by atoms with Crippen LogP contribution in [0.1, 0.15) is 23.6 Å². The van der Waals surface area contributed by atoms with Gasteiger partial charge in [0, 0.05) is 18.4 Å². The zero-order valence-corrected chi connectivity index (χ0v) is 10.2. The molecule has 3 heteroatoms. The van der Waals surface area contributed by atoms with E-state index in [9.17, 15) is 0 Å². The van der Waals surface area contributed by atoms with E-state index in [0.29, 0.717) is 6.04 Å². The van der Waals surface area contributed by atoms with Crippen molar-refractivity contribution < 1.29 is 0 Å². The Balaban J connectivity index is 2.22. The summed E-state index contributed by atoms with van der Waals surface area (Å²) in [5.41, 5.74) is 2.72. The summed E-state index contributed by atoms with van der Waals surface area (Å²) in [6, 6.07) is 2.58. The number of aromatic nitrogens is 1. The van der Waals surface area contributed by atoms with Crippen LogP contribution in [0.2, 0.25) is 0 Å². The van der Waals surface area contributed by atoms with E-state index in [1.807, 2.05) is 12.4 Å². The highest BCUT2D eigenvalue weighted by Gasteiger charge is 2.26. The lowest BCUT2D eigenvalue weighted by atomic mass is 9.91. The van der Waals surface area contributed by atoms with Crippen molar-refractivity contribution in [1.82, 2.24) is 10.3 Å². The molecule has 1 aliphatic heterocycles. The van der Waals surface area contributed by atoms with Crippen molar-refractivity contribution in [2.45, 2.75) is 19.4 Å². The summed E-state index contributed by atoms with van der Waals surface area (Å²) in [6.45, 7) is 2.17. The molecule has 0 bridgehead atoms. The van der Waals surface area contributed by atoms with Crippen molar-refractivity contribution >= 4 is 11.8 Å². The van der Waals surface area contributed by atoms with E-state index in [4.69, 9.17) is 0 Å². The second kappa shape index (κ2) is 4.99. The van der Waals surface area contributed by atoms with Crippen LogP contribution < -0.4 is 5.32 Å². The van der Waals surface area contributed by atoms with Gasteiger partial charge in [-0.15, -0.1) is 0 Å². The largest absolute Gasteiger partial charge is 0.313 e. The third-order valence-corrected chi connectivity index (χ3v) is 4.35. The normalized spacial score (nSPS) is 22.9. The highest BCUT2D eigenvalue weighted by atomic mass is 32.2. The molecule has 2 nitrogen and oxygen atoms in total. The number of nitrogens with one attached hydrogen (secondary N) is 1. The minimum absolute atomic E-state index is 0.480. The zero-order valence-electron chi connectivity index (χ0n) is 9.36. The van der Waals surface area contributed by atoms with Gasteiger partial charge in [-0.3, -0.25) is 4.98 Å². The summed E-state index contributed by atoms with van der Waals surface area (Å²) in [5.74, 6) is 3.35. The van der Waals surface area contributed by atoms with Crippen LogP contribution in [0.4, 0.5) is 0 Å². The van der Waals surface area contributed by atoms with E-state index in [2.05, 4.69) is 42.1 Å². The van der Waals surface area contributed by atoms with Crippen molar-refractivity contribution in [2.24, 2.45) is 5.92 Å². The number of nitrogens with zero attached hydrogens (tertiary/aromatic N) is 1. The average molecular weight is 222 g/mol. The Kier molecular flexibility index (Phi) is 3.65. The lowest BCUT2D eigenvalue weighted by Crippen LogP contribution is -2.26. The Bertz CT molecular complexity index is 321. The molecule has 2 heterocycles. The van der Waals surface area contributed by atoms with E-state index in [1.54, 1.807) is 0 Å². The minimum Gasteiger partial charge on any atom is -0.313 e. The minimum atomic E-state index is 0.480. The SMILES string of the molecule is CNC(c1cnccc1C)C1CCSC1. The fourth-order valence-electron chi connectivity index (χ4n) is 2.26. The zero-order chi connectivity index (χ0) is 10.7. The molecule has 1 aliphatic rings. The van der Waals surface area contributed by atoms with Crippen LogP contribution in [0.25, 0.3) is 0 Å². The van der Waals surface area contributed by atoms with E-state index in [0.717, 1.165) is 5.92 Å². The maximum atomic E-state index is 4.24. The summed E-state index contributed by atoms with van der Waals surface area (Å²) in [5, 5.41) is 3.45. The smallest absolute Gasteiger partial charge is 0.0372 e. The fraction of sp³-hybridized carbons (Fsp3) is 0.583. The summed E-state index contributed by atoms with van der Waals surface area (Å²) in [7, 11) is 2.06. The molecule has 1 saturated heterocycles. The Hall–Kier alpha value is -0.540. The molecule has 0 amide bonds. The number of aryl methyl sites for hydroxylation is 1. The monoisotopic (exact) mass is 222 g/mol. The van der Waals surface area contributed by atoms with Crippen molar-refractivity contribution in [2.75, 3.05) is 18.6 Å². The van der Waals surface area contributed by atoms with Crippen LogP contribution in [0.3, 0.4) is 0 Å². The maximum absolute atomic E-state index is 4.24. The molecular weight excluding hydrogens is 204 g/mol. The second-order valence-corrected chi connectivity index (χ2v) is 5.27. The summed E-state index contributed by atoms with van der Waals surface area (Å²) >= 11 is 2.07. The first kappa shape index (κ1) is 11.0. The van der Waals surface area contributed by atoms with Gasteiger partial charge in [0.15, 0.2) is 0 Å². The predicted octanol–water partition coefficient (Wildman–Crippen LogP) is 2.40. The number of hydrogen-bond donors (Lipinski definition) is 1. The van der Waals surface area contributed by atoms with Crippen molar-refractivity contribution in [3.8, 4) is 0 Å². The van der Waals surface area contributed by atoms with Crippen LogP contribution in [0.5, 0.6) is 0 Å². The van der Waals surface area contributed by atoms with Crippen molar-refractivity contribution in [3.05, 3.63) is 29.6 Å². The standard InChI is InChI=1S/C12H18N2S/c1-9-3-5-14-7-11(9)12(13-2)10-4-6-15-8-10/h3,5,7,10,12-13H,4,6,8H2,1-2H3. The Morgan fingerprint density at radius 2 is 2.47 bits per heavy atom. The molecule has 0 radical (unpaired) electrons. The van der Waals surface area contributed by atoms with E-state index in [-0.39, 0.29) is 0 Å². The number of thioether (sulfide) groups is 1. The van der Waals surface area contributed by atoms with Gasteiger partial charge in [-0.25, -0.2) is 0 Å². The Labute approximate surface area is 95.9 Å². The molecule has 2 atom stereocenters. The number of pyridine rings is 1. The summed E-state index contributed by atoms with van der Waals surface area (Å²) in [6.07, 6.45) is 5.21. The molecule has 1 aromatic heterocycles. The van der Waals surface area contributed by atoms with Gasteiger partial charge in [-0.1, -0.05) is 0 Å². The first-order valence-electron chi connectivity index (χ1n) is 5.48. The Morgan fingerprint density at radius 1 is 1.60 bits per heavy atom. The van der Waals surface area contributed by atoms with E-state index in [1.165, 1.54) is 29.1 Å². The van der Waals surface area contributed by atoms with Crippen LogP contribution in [-0.2, 0) is 0 Å². The van der Waals surface area contributed by atoms with Gasteiger partial charge in [-0.05, 0) is 55.0 Å². The van der Waals surface area contributed by atoms with Gasteiger partial charge in [0.25, 0.3) is 0 Å². The molecule has 2 unspecified atom stereocenters. The second-order valence-electron chi connectivity index (χ2n) is 4.12. The molecule has 1 N–H and O–H groups in total. The van der Waals surface area contributed by atoms with Gasteiger partial charge in [0.2, 0.25) is 0 Å². The lowest BCUT2D eigenvalue weighted by Gasteiger charge is -2.24. The first-order valence-corrected chi connectivity index (χ1v) is 6.64. The summed E-state index contributed by atoms with van der Waals surface area (Å²) < 4.78 is 0. The van der Waals surface area contributed by atoms with Gasteiger partial charge in [0.1, 0.15) is 0 Å². The third-order valence-electron chi connectivity index (χ3n) is 3.16. The van der Waals surface area contributed by atoms with Crippen LogP contribution in [0.15, 0.2) is 18.5 Å². The van der Waals surface area contributed by atoms with Crippen LogP contribution >= 0.6 is 11.8 Å². The maximum Gasteiger partial charge on any atom is 0.0372 e. The van der Waals surface area contributed by atoms with E-state index >= 15 is 0 Å². The molecule has 1 aromatic rings. The fourth-order valence-corrected chi connectivity index (χ4v) is 3.56.